The van der Waals surface area contributed by atoms with Crippen LogP contribution in [0.3, 0.4) is 0 Å². The van der Waals surface area contributed by atoms with Crippen LogP contribution in [-0.4, -0.2) is 0 Å². The maximum atomic E-state index is 2.38. The molecule has 19 heavy (non-hydrogen) atoms. The molecule has 0 bridgehead atoms. The van der Waals surface area contributed by atoms with Gasteiger partial charge >= 0.3 is 0 Å². The van der Waals surface area contributed by atoms with E-state index < -0.39 is 0 Å². The lowest BCUT2D eigenvalue weighted by Gasteiger charge is -2.16. The number of hydrogen-bond donors (Lipinski definition) is 0. The van der Waals surface area contributed by atoms with Crippen LogP contribution in [0.15, 0.2) is 30.3 Å². The molecule has 0 unspecified atom stereocenters. The number of aryl methyl sites for hydroxylation is 5. The predicted molar refractivity (Wildman–Crippen MR) is 84.8 cm³/mol. The van der Waals surface area contributed by atoms with Crippen molar-refractivity contribution in [3.8, 4) is 11.1 Å². The van der Waals surface area contributed by atoms with E-state index >= 15 is 0 Å². The Hall–Kier alpha value is -1.56. The highest BCUT2D eigenvalue weighted by atomic mass is 14.2. The molecule has 2 aromatic rings. The van der Waals surface area contributed by atoms with Crippen LogP contribution >= 0.6 is 0 Å². The third-order valence-electron chi connectivity index (χ3n) is 3.91. The Balaban J connectivity index is 2.70. The first-order valence-electron chi connectivity index (χ1n) is 7.26. The first-order valence-corrected chi connectivity index (χ1v) is 7.26. The zero-order valence-electron chi connectivity index (χ0n) is 12.8. The average Bonchev–Trinajstić information content (AvgIpc) is 2.37. The van der Waals surface area contributed by atoms with Crippen molar-refractivity contribution in [2.45, 2.75) is 47.5 Å². The van der Waals surface area contributed by atoms with Crippen molar-refractivity contribution in [1.29, 1.82) is 0 Å². The van der Waals surface area contributed by atoms with Crippen molar-refractivity contribution in [3.05, 3.63) is 58.1 Å². The van der Waals surface area contributed by atoms with E-state index in [1.54, 1.807) is 0 Å². The molecule has 100 valence electrons. The van der Waals surface area contributed by atoms with E-state index in [1.807, 2.05) is 0 Å². The summed E-state index contributed by atoms with van der Waals surface area (Å²) in [6.07, 6.45) is 2.19. The monoisotopic (exact) mass is 252 g/mol. The predicted octanol–water partition coefficient (Wildman–Crippen LogP) is 5.40. The molecule has 0 aliphatic heterocycles. The van der Waals surface area contributed by atoms with Gasteiger partial charge in [0.1, 0.15) is 0 Å². The second kappa shape index (κ2) is 5.61. The van der Waals surface area contributed by atoms with Gasteiger partial charge in [0.15, 0.2) is 0 Å². The minimum absolute atomic E-state index is 1.09. The summed E-state index contributed by atoms with van der Waals surface area (Å²) in [5.41, 5.74) is 9.86. The van der Waals surface area contributed by atoms with Gasteiger partial charge in [-0.1, -0.05) is 49.7 Å². The molecule has 0 heterocycles. The maximum absolute atomic E-state index is 2.38. The molecule has 2 rings (SSSR count). The number of hydrogen-bond acceptors (Lipinski definition) is 0. The van der Waals surface area contributed by atoms with Crippen LogP contribution in [0.2, 0.25) is 0 Å². The second-order valence-corrected chi connectivity index (χ2v) is 5.47. The summed E-state index contributed by atoms with van der Waals surface area (Å²) < 4.78 is 0. The quantitative estimate of drug-likeness (QED) is 0.685. The number of benzene rings is 2. The molecule has 0 atom stereocenters. The molecule has 0 aliphatic carbocycles. The molecule has 0 radical (unpaired) electrons. The van der Waals surface area contributed by atoms with Crippen molar-refractivity contribution in [2.75, 3.05) is 0 Å². The summed E-state index contributed by atoms with van der Waals surface area (Å²) in [6.45, 7) is 11.1. The van der Waals surface area contributed by atoms with Crippen LogP contribution < -0.4 is 0 Å². The highest BCUT2D eigenvalue weighted by molar-refractivity contribution is 5.74. The molecular weight excluding hydrogens is 228 g/mol. The fourth-order valence-corrected chi connectivity index (χ4v) is 2.99. The standard InChI is InChI=1S/C19H24/c1-6-16-8-9-17(7-2)18(12-16)19-14(4)10-13(3)11-15(19)5/h8-12H,6-7H2,1-5H3. The Morgan fingerprint density at radius 3 is 1.95 bits per heavy atom. The normalized spacial score (nSPS) is 10.8. The van der Waals surface area contributed by atoms with Gasteiger partial charge in [0.05, 0.1) is 0 Å². The molecule has 0 saturated heterocycles. The minimum Gasteiger partial charge on any atom is -0.0613 e. The van der Waals surface area contributed by atoms with Crippen molar-refractivity contribution in [1.82, 2.24) is 0 Å². The highest BCUT2D eigenvalue weighted by Gasteiger charge is 2.10. The zero-order valence-corrected chi connectivity index (χ0v) is 12.8. The summed E-state index contributed by atoms with van der Waals surface area (Å²) in [7, 11) is 0. The molecular formula is C19H24. The first kappa shape index (κ1) is 13.9. The lowest BCUT2D eigenvalue weighted by molar-refractivity contribution is 1.10. The molecule has 0 amide bonds. The largest absolute Gasteiger partial charge is 0.0613 e. The van der Waals surface area contributed by atoms with Crippen molar-refractivity contribution in [3.63, 3.8) is 0 Å². The van der Waals surface area contributed by atoms with Gasteiger partial charge in [-0.3, -0.25) is 0 Å². The Morgan fingerprint density at radius 2 is 1.42 bits per heavy atom. The molecule has 0 saturated carbocycles. The summed E-state index contributed by atoms with van der Waals surface area (Å²) >= 11 is 0. The third kappa shape index (κ3) is 2.73. The second-order valence-electron chi connectivity index (χ2n) is 5.47. The average molecular weight is 252 g/mol. The summed E-state index contributed by atoms with van der Waals surface area (Å²) in [5, 5.41) is 0. The fraction of sp³-hybridized carbons (Fsp3) is 0.368. The lowest BCUT2D eigenvalue weighted by atomic mass is 9.89. The van der Waals surface area contributed by atoms with Gasteiger partial charge in [0, 0.05) is 0 Å². The van der Waals surface area contributed by atoms with Gasteiger partial charge in [-0.25, -0.2) is 0 Å². The molecule has 0 N–H and O–H groups in total. The van der Waals surface area contributed by atoms with E-state index in [0.717, 1.165) is 12.8 Å². The van der Waals surface area contributed by atoms with Gasteiger partial charge in [-0.05, 0) is 67.0 Å². The van der Waals surface area contributed by atoms with Crippen molar-refractivity contribution < 1.29 is 0 Å². The fourth-order valence-electron chi connectivity index (χ4n) is 2.99. The summed E-state index contributed by atoms with van der Waals surface area (Å²) in [4.78, 5) is 0. The zero-order chi connectivity index (χ0) is 14.0. The molecule has 0 aromatic heterocycles. The van der Waals surface area contributed by atoms with Gasteiger partial charge in [0.2, 0.25) is 0 Å². The maximum Gasteiger partial charge on any atom is -0.0122 e. The van der Waals surface area contributed by atoms with E-state index in [4.69, 9.17) is 0 Å². The van der Waals surface area contributed by atoms with Crippen LogP contribution in [0, 0.1) is 20.8 Å². The molecule has 0 aliphatic rings. The number of rotatable bonds is 3. The molecule has 0 nitrogen and oxygen atoms in total. The summed E-state index contributed by atoms with van der Waals surface area (Å²) in [6, 6.07) is 11.5. The lowest BCUT2D eigenvalue weighted by Crippen LogP contribution is -1.96. The van der Waals surface area contributed by atoms with Gasteiger partial charge in [0.25, 0.3) is 0 Å². The highest BCUT2D eigenvalue weighted by Crippen LogP contribution is 2.32. The van der Waals surface area contributed by atoms with E-state index in [2.05, 4.69) is 65.0 Å². The van der Waals surface area contributed by atoms with E-state index in [9.17, 15) is 0 Å². The molecule has 2 aromatic carbocycles. The molecule has 0 fully saturated rings. The summed E-state index contributed by atoms with van der Waals surface area (Å²) in [5.74, 6) is 0. The van der Waals surface area contributed by atoms with E-state index in [0.29, 0.717) is 0 Å². The Morgan fingerprint density at radius 1 is 0.789 bits per heavy atom. The Labute approximate surface area is 117 Å². The van der Waals surface area contributed by atoms with Gasteiger partial charge < -0.3 is 0 Å². The minimum atomic E-state index is 1.09. The van der Waals surface area contributed by atoms with Crippen LogP contribution in [0.1, 0.15) is 41.7 Å². The first-order chi connectivity index (χ1) is 9.06. The SMILES string of the molecule is CCc1ccc(CC)c(-c2c(C)cc(C)cc2C)c1. The van der Waals surface area contributed by atoms with Crippen LogP contribution in [-0.2, 0) is 12.8 Å². The van der Waals surface area contributed by atoms with Crippen LogP contribution in [0.5, 0.6) is 0 Å². The van der Waals surface area contributed by atoms with Crippen LogP contribution in [0.25, 0.3) is 11.1 Å². The van der Waals surface area contributed by atoms with Crippen LogP contribution in [0.4, 0.5) is 0 Å². The van der Waals surface area contributed by atoms with E-state index in [-0.39, 0.29) is 0 Å². The topological polar surface area (TPSA) is 0 Å². The van der Waals surface area contributed by atoms with Gasteiger partial charge in [-0.15, -0.1) is 0 Å². The van der Waals surface area contributed by atoms with Gasteiger partial charge in [-0.2, -0.15) is 0 Å². The van der Waals surface area contributed by atoms with Crippen molar-refractivity contribution >= 4 is 0 Å². The molecule has 0 spiro atoms. The Bertz CT molecular complexity index is 568. The third-order valence-corrected chi connectivity index (χ3v) is 3.91. The van der Waals surface area contributed by atoms with Crippen molar-refractivity contribution in [2.24, 2.45) is 0 Å². The molecule has 0 heteroatoms. The smallest absolute Gasteiger partial charge is 0.0122 e. The Kier molecular flexibility index (Phi) is 4.09. The van der Waals surface area contributed by atoms with E-state index in [1.165, 1.54) is 38.9 Å².